The van der Waals surface area contributed by atoms with E-state index in [1.54, 1.807) is 17.0 Å². The molecule has 6 nitrogen and oxygen atoms in total. The van der Waals surface area contributed by atoms with E-state index in [0.29, 0.717) is 31.7 Å². The molecule has 0 unspecified atom stereocenters. The van der Waals surface area contributed by atoms with Crippen LogP contribution in [0.2, 0.25) is 5.02 Å². The molecule has 0 bridgehead atoms. The summed E-state index contributed by atoms with van der Waals surface area (Å²) in [4.78, 5) is 31.7. The molecule has 1 saturated heterocycles. The third-order valence-electron chi connectivity index (χ3n) is 4.87. The Morgan fingerprint density at radius 2 is 1.68 bits per heavy atom. The average Bonchev–Trinajstić information content (AvgIpc) is 2.70. The summed E-state index contributed by atoms with van der Waals surface area (Å²) in [5.74, 6) is -0.675. The number of halogens is 4. The van der Waals surface area contributed by atoms with E-state index >= 15 is 0 Å². The maximum absolute atomic E-state index is 12.8. The highest BCUT2D eigenvalue weighted by Crippen LogP contribution is 2.33. The number of amides is 1. The van der Waals surface area contributed by atoms with Crippen LogP contribution in [-0.2, 0) is 15.7 Å². The standard InChI is InChI=1S/C21H21ClF3N3O3/c1-13-7-14(2)9-15(8-13)20(30)31-12-18(29)27-3-5-28(6-4-27)19-17(22)10-16(11-26-19)21(23,24)25/h7-11H,3-6,12H2,1-2H3. The van der Waals surface area contributed by atoms with E-state index in [1.807, 2.05) is 19.9 Å². The lowest BCUT2D eigenvalue weighted by molar-refractivity contribution is -0.138. The summed E-state index contributed by atoms with van der Waals surface area (Å²) >= 11 is 5.99. The summed E-state index contributed by atoms with van der Waals surface area (Å²) in [6.45, 7) is 4.64. The van der Waals surface area contributed by atoms with E-state index in [4.69, 9.17) is 16.3 Å². The van der Waals surface area contributed by atoms with Crippen LogP contribution in [0.25, 0.3) is 0 Å². The largest absolute Gasteiger partial charge is 0.452 e. The van der Waals surface area contributed by atoms with Crippen LogP contribution in [0, 0.1) is 13.8 Å². The Hall–Kier alpha value is -2.81. The predicted octanol–water partition coefficient (Wildman–Crippen LogP) is 3.88. The number of rotatable bonds is 4. The zero-order valence-corrected chi connectivity index (χ0v) is 17.8. The van der Waals surface area contributed by atoms with Gasteiger partial charge in [-0.15, -0.1) is 0 Å². The number of hydrogen-bond donors (Lipinski definition) is 0. The van der Waals surface area contributed by atoms with Gasteiger partial charge in [0.2, 0.25) is 0 Å². The zero-order chi connectivity index (χ0) is 22.8. The van der Waals surface area contributed by atoms with Crippen LogP contribution in [0.3, 0.4) is 0 Å². The Kier molecular flexibility index (Phi) is 6.74. The summed E-state index contributed by atoms with van der Waals surface area (Å²) in [6.07, 6.45) is -3.78. The minimum Gasteiger partial charge on any atom is -0.452 e. The molecule has 1 aromatic heterocycles. The van der Waals surface area contributed by atoms with Crippen LogP contribution in [0.1, 0.15) is 27.0 Å². The average molecular weight is 456 g/mol. The smallest absolute Gasteiger partial charge is 0.417 e. The van der Waals surface area contributed by atoms with Crippen LogP contribution in [-0.4, -0.2) is 54.5 Å². The number of carbonyl (C=O) groups excluding carboxylic acids is 2. The molecule has 1 aliphatic heterocycles. The molecule has 10 heteroatoms. The number of piperazine rings is 1. The predicted molar refractivity (Wildman–Crippen MR) is 109 cm³/mol. The lowest BCUT2D eigenvalue weighted by atomic mass is 10.1. The quantitative estimate of drug-likeness (QED) is 0.655. The lowest BCUT2D eigenvalue weighted by Crippen LogP contribution is -2.50. The van der Waals surface area contributed by atoms with Crippen molar-refractivity contribution < 1.29 is 27.5 Å². The molecular weight excluding hydrogens is 435 g/mol. The molecule has 0 spiro atoms. The molecule has 2 heterocycles. The molecule has 0 aliphatic carbocycles. The number of ether oxygens (including phenoxy) is 1. The molecule has 0 radical (unpaired) electrons. The molecule has 1 fully saturated rings. The lowest BCUT2D eigenvalue weighted by Gasteiger charge is -2.35. The van der Waals surface area contributed by atoms with Gasteiger partial charge in [-0.3, -0.25) is 4.79 Å². The topological polar surface area (TPSA) is 62.7 Å². The molecule has 2 aromatic rings. The number of carbonyl (C=O) groups is 2. The number of anilines is 1. The maximum Gasteiger partial charge on any atom is 0.417 e. The molecular formula is C21H21ClF3N3O3. The summed E-state index contributed by atoms with van der Waals surface area (Å²) in [7, 11) is 0. The van der Waals surface area contributed by atoms with Gasteiger partial charge in [0.25, 0.3) is 5.91 Å². The first kappa shape index (κ1) is 22.9. The fourth-order valence-electron chi connectivity index (χ4n) is 3.38. The molecule has 1 aromatic carbocycles. The Morgan fingerprint density at radius 3 is 2.23 bits per heavy atom. The molecule has 1 aliphatic rings. The number of esters is 1. The van der Waals surface area contributed by atoms with Crippen molar-refractivity contribution >= 4 is 29.3 Å². The highest BCUT2D eigenvalue weighted by atomic mass is 35.5. The Bertz CT molecular complexity index is 969. The maximum atomic E-state index is 12.8. The third-order valence-corrected chi connectivity index (χ3v) is 5.14. The van der Waals surface area contributed by atoms with Crippen LogP contribution >= 0.6 is 11.6 Å². The number of hydrogen-bond acceptors (Lipinski definition) is 5. The first-order chi connectivity index (χ1) is 14.5. The van der Waals surface area contributed by atoms with E-state index in [1.165, 1.54) is 4.90 Å². The van der Waals surface area contributed by atoms with Crippen molar-refractivity contribution in [3.8, 4) is 0 Å². The van der Waals surface area contributed by atoms with Gasteiger partial charge in [-0.1, -0.05) is 28.8 Å². The molecule has 3 rings (SSSR count). The third kappa shape index (κ3) is 5.66. The molecule has 166 valence electrons. The van der Waals surface area contributed by atoms with Crippen LogP contribution < -0.4 is 4.90 Å². The first-order valence-electron chi connectivity index (χ1n) is 9.55. The highest BCUT2D eigenvalue weighted by molar-refractivity contribution is 6.33. The van der Waals surface area contributed by atoms with Gasteiger partial charge in [0.05, 0.1) is 16.1 Å². The zero-order valence-electron chi connectivity index (χ0n) is 17.0. The molecule has 31 heavy (non-hydrogen) atoms. The van der Waals surface area contributed by atoms with Gasteiger partial charge in [-0.05, 0) is 32.0 Å². The van der Waals surface area contributed by atoms with Crippen LogP contribution in [0.4, 0.5) is 19.0 Å². The van der Waals surface area contributed by atoms with Crippen molar-refractivity contribution in [3.63, 3.8) is 0 Å². The van der Waals surface area contributed by atoms with Gasteiger partial charge in [0.15, 0.2) is 6.61 Å². The van der Waals surface area contributed by atoms with Gasteiger partial charge in [0, 0.05) is 32.4 Å². The highest BCUT2D eigenvalue weighted by Gasteiger charge is 2.32. The number of alkyl halides is 3. The van der Waals surface area contributed by atoms with E-state index in [0.717, 1.165) is 23.4 Å². The number of aromatic nitrogens is 1. The van der Waals surface area contributed by atoms with Gasteiger partial charge < -0.3 is 14.5 Å². The van der Waals surface area contributed by atoms with Gasteiger partial charge in [-0.2, -0.15) is 13.2 Å². The SMILES string of the molecule is Cc1cc(C)cc(C(=O)OCC(=O)N2CCN(c3ncc(C(F)(F)F)cc3Cl)CC2)c1. The van der Waals surface area contributed by atoms with E-state index in [2.05, 4.69) is 4.98 Å². The van der Waals surface area contributed by atoms with Crippen molar-refractivity contribution in [3.05, 3.63) is 57.7 Å². The van der Waals surface area contributed by atoms with Crippen LogP contribution in [0.15, 0.2) is 30.5 Å². The van der Waals surface area contributed by atoms with Gasteiger partial charge >= 0.3 is 12.1 Å². The normalized spacial score (nSPS) is 14.5. The molecule has 0 N–H and O–H groups in total. The Labute approximate surface area is 182 Å². The summed E-state index contributed by atoms with van der Waals surface area (Å²) in [5, 5.41) is -0.100. The van der Waals surface area contributed by atoms with E-state index in [-0.39, 0.29) is 23.4 Å². The van der Waals surface area contributed by atoms with Crippen molar-refractivity contribution in [1.82, 2.24) is 9.88 Å². The summed E-state index contributed by atoms with van der Waals surface area (Å²) in [5.41, 5.74) is 1.31. The number of pyridine rings is 1. The minimum absolute atomic E-state index is 0.100. The van der Waals surface area contributed by atoms with Crippen molar-refractivity contribution in [1.29, 1.82) is 0 Å². The van der Waals surface area contributed by atoms with E-state index < -0.39 is 17.7 Å². The number of aryl methyl sites for hydroxylation is 2. The Balaban J connectivity index is 1.53. The van der Waals surface area contributed by atoms with Gasteiger partial charge in [-0.25, -0.2) is 9.78 Å². The number of benzene rings is 1. The fourth-order valence-corrected chi connectivity index (χ4v) is 3.67. The first-order valence-corrected chi connectivity index (χ1v) is 9.93. The molecule has 0 atom stereocenters. The van der Waals surface area contributed by atoms with E-state index in [9.17, 15) is 22.8 Å². The van der Waals surface area contributed by atoms with Crippen LogP contribution in [0.5, 0.6) is 0 Å². The second-order valence-corrected chi connectivity index (χ2v) is 7.75. The molecule has 0 saturated carbocycles. The number of nitrogens with zero attached hydrogens (tertiary/aromatic N) is 3. The minimum atomic E-state index is -4.52. The van der Waals surface area contributed by atoms with Crippen molar-refractivity contribution in [2.45, 2.75) is 20.0 Å². The van der Waals surface area contributed by atoms with Crippen molar-refractivity contribution in [2.24, 2.45) is 0 Å². The monoisotopic (exact) mass is 455 g/mol. The fraction of sp³-hybridized carbons (Fsp3) is 0.381. The van der Waals surface area contributed by atoms with Gasteiger partial charge in [0.1, 0.15) is 5.82 Å². The Morgan fingerprint density at radius 1 is 1.06 bits per heavy atom. The second-order valence-electron chi connectivity index (χ2n) is 7.35. The summed E-state index contributed by atoms with van der Waals surface area (Å²) < 4.78 is 43.4. The van der Waals surface area contributed by atoms with Crippen molar-refractivity contribution in [2.75, 3.05) is 37.7 Å². The second kappa shape index (κ2) is 9.13. The molecule has 1 amide bonds. The summed E-state index contributed by atoms with van der Waals surface area (Å²) in [6, 6.07) is 6.16.